The number of hydrogen-bond donors (Lipinski definition) is 2. The molecule has 0 spiro atoms. The largest absolute Gasteiger partial charge is 0.338 e. The van der Waals surface area contributed by atoms with E-state index in [1.807, 2.05) is 30.3 Å². The molecule has 0 atom stereocenters. The summed E-state index contributed by atoms with van der Waals surface area (Å²) in [6, 6.07) is 17.9. The maximum atomic E-state index is 13.8. The van der Waals surface area contributed by atoms with Crippen LogP contribution in [0.1, 0.15) is 0 Å². The molecule has 2 aromatic carbocycles. The smallest absolute Gasteiger partial charge is 0.146 e. The summed E-state index contributed by atoms with van der Waals surface area (Å²) in [7, 11) is 0. The van der Waals surface area contributed by atoms with Gasteiger partial charge in [-0.25, -0.2) is 14.4 Å². The SMILES string of the molecule is Fc1ccccc1Nc1cc(Nc2cccc3cccnc23)ncn1. The Morgan fingerprint density at radius 1 is 0.720 bits per heavy atom. The highest BCUT2D eigenvalue weighted by Gasteiger charge is 2.06. The first kappa shape index (κ1) is 15.0. The Hall–Kier alpha value is -3.54. The van der Waals surface area contributed by atoms with E-state index in [4.69, 9.17) is 0 Å². The van der Waals surface area contributed by atoms with Crippen molar-refractivity contribution in [2.24, 2.45) is 0 Å². The molecule has 0 aliphatic heterocycles. The molecule has 25 heavy (non-hydrogen) atoms. The second-order valence-electron chi connectivity index (χ2n) is 5.40. The zero-order chi connectivity index (χ0) is 17.1. The maximum Gasteiger partial charge on any atom is 0.146 e. The molecule has 0 saturated heterocycles. The van der Waals surface area contributed by atoms with Crippen LogP contribution < -0.4 is 10.6 Å². The van der Waals surface area contributed by atoms with E-state index in [9.17, 15) is 4.39 Å². The number of halogens is 1. The molecule has 0 fully saturated rings. The van der Waals surface area contributed by atoms with Crippen LogP contribution in [0.4, 0.5) is 27.4 Å². The van der Waals surface area contributed by atoms with E-state index in [0.29, 0.717) is 17.3 Å². The van der Waals surface area contributed by atoms with Crippen molar-refractivity contribution in [3.8, 4) is 0 Å². The Bertz CT molecular complexity index is 1030. The number of anilines is 4. The molecule has 0 unspecified atom stereocenters. The van der Waals surface area contributed by atoms with Crippen LogP contribution in [-0.2, 0) is 0 Å². The first-order valence-corrected chi connectivity index (χ1v) is 7.74. The molecule has 0 saturated carbocycles. The summed E-state index contributed by atoms with van der Waals surface area (Å²) in [5.74, 6) is 0.747. The third-order valence-electron chi connectivity index (χ3n) is 3.70. The van der Waals surface area contributed by atoms with Crippen molar-refractivity contribution in [2.45, 2.75) is 0 Å². The number of rotatable bonds is 4. The number of nitrogens with zero attached hydrogens (tertiary/aromatic N) is 3. The number of hydrogen-bond acceptors (Lipinski definition) is 5. The van der Waals surface area contributed by atoms with Crippen LogP contribution in [0.2, 0.25) is 0 Å². The molecule has 0 radical (unpaired) electrons. The van der Waals surface area contributed by atoms with Gasteiger partial charge in [0, 0.05) is 17.6 Å². The molecule has 4 aromatic rings. The van der Waals surface area contributed by atoms with Gasteiger partial charge in [0.1, 0.15) is 23.8 Å². The Morgan fingerprint density at radius 2 is 1.44 bits per heavy atom. The van der Waals surface area contributed by atoms with Crippen molar-refractivity contribution >= 4 is 33.9 Å². The van der Waals surface area contributed by atoms with Crippen LogP contribution in [0.3, 0.4) is 0 Å². The van der Waals surface area contributed by atoms with E-state index in [-0.39, 0.29) is 5.82 Å². The van der Waals surface area contributed by atoms with Gasteiger partial charge < -0.3 is 10.6 Å². The lowest BCUT2D eigenvalue weighted by Crippen LogP contribution is -2.00. The molecule has 0 aliphatic rings. The molecule has 2 aromatic heterocycles. The summed E-state index contributed by atoms with van der Waals surface area (Å²) in [4.78, 5) is 12.8. The third-order valence-corrected chi connectivity index (χ3v) is 3.70. The van der Waals surface area contributed by atoms with Gasteiger partial charge in [0.05, 0.1) is 16.9 Å². The Labute approximate surface area is 143 Å². The zero-order valence-corrected chi connectivity index (χ0v) is 13.1. The van der Waals surface area contributed by atoms with Gasteiger partial charge in [-0.2, -0.15) is 0 Å². The highest BCUT2D eigenvalue weighted by atomic mass is 19.1. The van der Waals surface area contributed by atoms with Crippen LogP contribution >= 0.6 is 0 Å². The Kier molecular flexibility index (Phi) is 3.92. The van der Waals surface area contributed by atoms with Gasteiger partial charge in [-0.05, 0) is 24.3 Å². The average Bonchev–Trinajstić information content (AvgIpc) is 2.64. The number of para-hydroxylation sites is 2. The van der Waals surface area contributed by atoms with Crippen LogP contribution in [-0.4, -0.2) is 15.0 Å². The first-order chi connectivity index (χ1) is 12.3. The average molecular weight is 331 g/mol. The minimum atomic E-state index is -0.339. The number of pyridine rings is 1. The predicted octanol–water partition coefficient (Wildman–Crippen LogP) is 4.65. The predicted molar refractivity (Wildman–Crippen MR) is 96.7 cm³/mol. The number of aromatic nitrogens is 3. The Balaban J connectivity index is 1.62. The molecule has 5 nitrogen and oxygen atoms in total. The third kappa shape index (κ3) is 3.23. The highest BCUT2D eigenvalue weighted by Crippen LogP contribution is 2.25. The summed E-state index contributed by atoms with van der Waals surface area (Å²) < 4.78 is 13.8. The second kappa shape index (κ2) is 6.52. The van der Waals surface area contributed by atoms with Crippen molar-refractivity contribution < 1.29 is 4.39 Å². The first-order valence-electron chi connectivity index (χ1n) is 7.74. The molecular weight excluding hydrogens is 317 g/mol. The summed E-state index contributed by atoms with van der Waals surface area (Å²) in [6.07, 6.45) is 3.17. The van der Waals surface area contributed by atoms with Gasteiger partial charge in [0.2, 0.25) is 0 Å². The van der Waals surface area contributed by atoms with Gasteiger partial charge in [-0.3, -0.25) is 4.98 Å². The van der Waals surface area contributed by atoms with Gasteiger partial charge in [-0.15, -0.1) is 0 Å². The highest BCUT2D eigenvalue weighted by molar-refractivity contribution is 5.91. The summed E-state index contributed by atoms with van der Waals surface area (Å²) in [5, 5.41) is 7.23. The van der Waals surface area contributed by atoms with E-state index in [0.717, 1.165) is 16.6 Å². The minimum Gasteiger partial charge on any atom is -0.338 e. The van der Waals surface area contributed by atoms with E-state index >= 15 is 0 Å². The molecular formula is C19H14FN5. The maximum absolute atomic E-state index is 13.8. The molecule has 6 heteroatoms. The van der Waals surface area contributed by atoms with Crippen molar-refractivity contribution in [2.75, 3.05) is 10.6 Å². The number of fused-ring (bicyclic) bond motifs is 1. The standard InChI is InChI=1S/C19H14FN5/c20-14-7-1-2-8-15(14)24-17-11-18(23-12-22-17)25-16-9-3-5-13-6-4-10-21-19(13)16/h1-12H,(H2,22,23,24,25). The van der Waals surface area contributed by atoms with Gasteiger partial charge in [0.25, 0.3) is 0 Å². The van der Waals surface area contributed by atoms with Crippen LogP contribution in [0.25, 0.3) is 10.9 Å². The molecule has 0 bridgehead atoms. The Morgan fingerprint density at radius 3 is 2.28 bits per heavy atom. The molecule has 2 heterocycles. The zero-order valence-electron chi connectivity index (χ0n) is 13.1. The summed E-state index contributed by atoms with van der Waals surface area (Å²) >= 11 is 0. The second-order valence-corrected chi connectivity index (χ2v) is 5.40. The van der Waals surface area contributed by atoms with Crippen LogP contribution in [0, 0.1) is 5.82 Å². The van der Waals surface area contributed by atoms with E-state index in [1.165, 1.54) is 12.4 Å². The fourth-order valence-electron chi connectivity index (χ4n) is 2.54. The number of nitrogens with one attached hydrogen (secondary N) is 2. The molecule has 4 rings (SSSR count). The van der Waals surface area contributed by atoms with Crippen LogP contribution in [0.5, 0.6) is 0 Å². The van der Waals surface area contributed by atoms with E-state index in [1.54, 1.807) is 30.5 Å². The van der Waals surface area contributed by atoms with E-state index in [2.05, 4.69) is 25.6 Å². The fourth-order valence-corrected chi connectivity index (χ4v) is 2.54. The summed E-state index contributed by atoms with van der Waals surface area (Å²) in [5.41, 5.74) is 2.06. The monoisotopic (exact) mass is 331 g/mol. The van der Waals surface area contributed by atoms with Gasteiger partial charge >= 0.3 is 0 Å². The number of benzene rings is 2. The van der Waals surface area contributed by atoms with Gasteiger partial charge in [0.15, 0.2) is 0 Å². The van der Waals surface area contributed by atoms with Crippen molar-refractivity contribution in [1.82, 2.24) is 15.0 Å². The molecule has 122 valence electrons. The molecule has 0 amide bonds. The minimum absolute atomic E-state index is 0.339. The van der Waals surface area contributed by atoms with Crippen molar-refractivity contribution in [1.29, 1.82) is 0 Å². The summed E-state index contributed by atoms with van der Waals surface area (Å²) in [6.45, 7) is 0. The van der Waals surface area contributed by atoms with Gasteiger partial charge in [-0.1, -0.05) is 30.3 Å². The van der Waals surface area contributed by atoms with Crippen molar-refractivity contribution in [3.63, 3.8) is 0 Å². The quantitative estimate of drug-likeness (QED) is 0.570. The normalized spacial score (nSPS) is 10.6. The fraction of sp³-hybridized carbons (Fsp3) is 0. The van der Waals surface area contributed by atoms with E-state index < -0.39 is 0 Å². The lowest BCUT2D eigenvalue weighted by Gasteiger charge is -2.10. The van der Waals surface area contributed by atoms with Crippen molar-refractivity contribution in [3.05, 3.63) is 79.0 Å². The molecule has 0 aliphatic carbocycles. The lowest BCUT2D eigenvalue weighted by atomic mass is 10.2. The topological polar surface area (TPSA) is 62.7 Å². The molecule has 2 N–H and O–H groups in total. The lowest BCUT2D eigenvalue weighted by molar-refractivity contribution is 0.632. The van der Waals surface area contributed by atoms with Crippen LogP contribution in [0.15, 0.2) is 73.2 Å².